The van der Waals surface area contributed by atoms with Gasteiger partial charge in [-0.3, -0.25) is 0 Å². The molecule has 2 nitrogen and oxygen atoms in total. The average Bonchev–Trinajstić information content (AvgIpc) is 2.91. The van der Waals surface area contributed by atoms with Crippen molar-refractivity contribution in [3.05, 3.63) is 73.0 Å². The summed E-state index contributed by atoms with van der Waals surface area (Å²) in [6.45, 7) is 3.77. The number of para-hydroxylation sites is 1. The van der Waals surface area contributed by atoms with Gasteiger partial charge in [0.15, 0.2) is 0 Å². The molecule has 0 saturated carbocycles. The fraction of sp³-hybridized carbons (Fsp3) is 0.111. The quantitative estimate of drug-likeness (QED) is 0.681. The van der Waals surface area contributed by atoms with Crippen LogP contribution in [-0.4, -0.2) is 0 Å². The number of hydrogen-bond donors (Lipinski definition) is 1. The summed E-state index contributed by atoms with van der Waals surface area (Å²) in [5.74, 6) is 0. The fourth-order valence-corrected chi connectivity index (χ4v) is 2.56. The summed E-state index contributed by atoms with van der Waals surface area (Å²) in [5, 5.41) is 1.12. The van der Waals surface area contributed by atoms with E-state index in [9.17, 15) is 0 Å². The number of nitrogens with two attached hydrogens (primary N) is 1. The van der Waals surface area contributed by atoms with Crippen molar-refractivity contribution < 1.29 is 4.42 Å². The first-order chi connectivity index (χ1) is 9.81. The molecule has 0 aliphatic rings. The van der Waals surface area contributed by atoms with Gasteiger partial charge in [0.1, 0.15) is 5.58 Å². The molecule has 0 radical (unpaired) electrons. The molecule has 3 rings (SSSR count). The first-order valence-electron chi connectivity index (χ1n) is 6.73. The average molecular weight is 300 g/mol. The van der Waals surface area contributed by atoms with Crippen LogP contribution >= 0.6 is 12.4 Å². The second-order valence-electron chi connectivity index (χ2n) is 4.86. The van der Waals surface area contributed by atoms with Crippen LogP contribution in [-0.2, 0) is 0 Å². The number of furan rings is 1. The molecular formula is C18H18ClNO. The Morgan fingerprint density at radius 1 is 1.05 bits per heavy atom. The molecular weight excluding hydrogens is 282 g/mol. The van der Waals surface area contributed by atoms with E-state index in [-0.39, 0.29) is 18.4 Å². The van der Waals surface area contributed by atoms with Crippen molar-refractivity contribution in [2.24, 2.45) is 5.73 Å². The lowest BCUT2D eigenvalue weighted by Gasteiger charge is -2.14. The van der Waals surface area contributed by atoms with Gasteiger partial charge in [-0.1, -0.05) is 48.5 Å². The van der Waals surface area contributed by atoms with E-state index in [1.165, 1.54) is 0 Å². The van der Waals surface area contributed by atoms with Gasteiger partial charge in [-0.25, -0.2) is 0 Å². The summed E-state index contributed by atoms with van der Waals surface area (Å²) in [4.78, 5) is 0. The lowest BCUT2D eigenvalue weighted by Crippen LogP contribution is -2.10. The summed E-state index contributed by atoms with van der Waals surface area (Å²) in [6.07, 6.45) is 4.42. The normalized spacial score (nSPS) is 11.9. The molecule has 1 unspecified atom stereocenters. The highest BCUT2D eigenvalue weighted by Gasteiger charge is 2.14. The highest BCUT2D eigenvalue weighted by atomic mass is 35.5. The zero-order valence-corrected chi connectivity index (χ0v) is 12.5. The molecule has 2 aromatic carbocycles. The van der Waals surface area contributed by atoms with E-state index in [4.69, 9.17) is 10.2 Å². The van der Waals surface area contributed by atoms with E-state index < -0.39 is 0 Å². The summed E-state index contributed by atoms with van der Waals surface area (Å²) in [7, 11) is 0. The van der Waals surface area contributed by atoms with Crippen molar-refractivity contribution >= 4 is 23.4 Å². The van der Waals surface area contributed by atoms with Gasteiger partial charge >= 0.3 is 0 Å². The maximum atomic E-state index is 6.25. The Hall–Kier alpha value is -2.03. The van der Waals surface area contributed by atoms with Crippen LogP contribution in [0.15, 0.2) is 71.9 Å². The molecule has 0 bridgehead atoms. The summed E-state index contributed by atoms with van der Waals surface area (Å²) >= 11 is 0. The van der Waals surface area contributed by atoms with Gasteiger partial charge < -0.3 is 10.2 Å². The Morgan fingerprint density at radius 2 is 1.76 bits per heavy atom. The van der Waals surface area contributed by atoms with Crippen molar-refractivity contribution in [1.82, 2.24) is 0 Å². The van der Waals surface area contributed by atoms with E-state index in [0.29, 0.717) is 0 Å². The summed E-state index contributed by atoms with van der Waals surface area (Å²) in [6, 6.07) is 16.2. The molecule has 0 aliphatic heterocycles. The van der Waals surface area contributed by atoms with Crippen molar-refractivity contribution in [1.29, 1.82) is 0 Å². The van der Waals surface area contributed by atoms with Crippen LogP contribution < -0.4 is 5.73 Å². The third-order valence-corrected chi connectivity index (χ3v) is 3.55. The Kier molecular flexibility index (Phi) is 4.84. The van der Waals surface area contributed by atoms with Crippen LogP contribution in [0.2, 0.25) is 0 Å². The topological polar surface area (TPSA) is 39.2 Å². The fourth-order valence-electron chi connectivity index (χ4n) is 2.56. The molecule has 0 saturated heterocycles. The second-order valence-corrected chi connectivity index (χ2v) is 4.86. The molecule has 1 atom stereocenters. The minimum absolute atomic E-state index is 0. The van der Waals surface area contributed by atoms with Crippen molar-refractivity contribution in [3.63, 3.8) is 0 Å². The zero-order chi connectivity index (χ0) is 13.9. The van der Waals surface area contributed by atoms with Gasteiger partial charge in [-0.2, -0.15) is 0 Å². The molecule has 0 aliphatic carbocycles. The SMILES string of the molecule is C=CCC(N)c1ccccc1-c1coc2ccccc12.Cl. The van der Waals surface area contributed by atoms with E-state index in [1.807, 2.05) is 42.7 Å². The van der Waals surface area contributed by atoms with Crippen LogP contribution in [0.4, 0.5) is 0 Å². The molecule has 108 valence electrons. The molecule has 1 aromatic heterocycles. The molecule has 2 N–H and O–H groups in total. The maximum absolute atomic E-state index is 6.25. The number of rotatable bonds is 4. The highest BCUT2D eigenvalue weighted by molar-refractivity contribution is 5.94. The zero-order valence-electron chi connectivity index (χ0n) is 11.7. The number of halogens is 1. The Bertz CT molecular complexity index is 748. The Morgan fingerprint density at radius 3 is 2.57 bits per heavy atom. The number of benzene rings is 2. The summed E-state index contributed by atoms with van der Waals surface area (Å²) in [5.41, 5.74) is 10.5. The van der Waals surface area contributed by atoms with Crippen LogP contribution in [0.25, 0.3) is 22.1 Å². The first kappa shape index (κ1) is 15.4. The Balaban J connectivity index is 0.00000161. The monoisotopic (exact) mass is 299 g/mol. The van der Waals surface area contributed by atoms with Crippen molar-refractivity contribution in [3.8, 4) is 11.1 Å². The molecule has 0 amide bonds. The standard InChI is InChI=1S/C18H17NO.ClH/c1-2-7-17(19)14-9-4-3-8-13(14)16-12-20-18-11-6-5-10-15(16)18;/h2-6,8-12,17H,1,7,19H2;1H. The van der Waals surface area contributed by atoms with E-state index in [1.54, 1.807) is 0 Å². The van der Waals surface area contributed by atoms with E-state index >= 15 is 0 Å². The third-order valence-electron chi connectivity index (χ3n) is 3.55. The van der Waals surface area contributed by atoms with Gasteiger partial charge in [-0.05, 0) is 23.6 Å². The van der Waals surface area contributed by atoms with Gasteiger partial charge in [-0.15, -0.1) is 19.0 Å². The molecule has 3 aromatic rings. The van der Waals surface area contributed by atoms with E-state index in [0.717, 1.165) is 34.1 Å². The Labute approximate surface area is 130 Å². The molecule has 0 fully saturated rings. The second kappa shape index (κ2) is 6.61. The van der Waals surface area contributed by atoms with Crippen LogP contribution in [0.1, 0.15) is 18.0 Å². The third kappa shape index (κ3) is 2.87. The molecule has 1 heterocycles. The van der Waals surface area contributed by atoms with Gasteiger partial charge in [0, 0.05) is 17.0 Å². The predicted octanol–water partition coefficient (Wildman–Crippen LogP) is 5.10. The van der Waals surface area contributed by atoms with Gasteiger partial charge in [0.25, 0.3) is 0 Å². The lowest BCUT2D eigenvalue weighted by atomic mass is 9.93. The number of fused-ring (bicyclic) bond motifs is 1. The minimum atomic E-state index is -0.0441. The predicted molar refractivity (Wildman–Crippen MR) is 90.6 cm³/mol. The molecule has 0 spiro atoms. The van der Waals surface area contributed by atoms with E-state index in [2.05, 4.69) is 24.8 Å². The highest BCUT2D eigenvalue weighted by Crippen LogP contribution is 2.35. The van der Waals surface area contributed by atoms with Gasteiger partial charge in [0.05, 0.1) is 6.26 Å². The van der Waals surface area contributed by atoms with Crippen molar-refractivity contribution in [2.75, 3.05) is 0 Å². The van der Waals surface area contributed by atoms with Crippen LogP contribution in [0.5, 0.6) is 0 Å². The lowest BCUT2D eigenvalue weighted by molar-refractivity contribution is 0.617. The largest absolute Gasteiger partial charge is 0.464 e. The smallest absolute Gasteiger partial charge is 0.134 e. The molecule has 21 heavy (non-hydrogen) atoms. The number of hydrogen-bond acceptors (Lipinski definition) is 2. The van der Waals surface area contributed by atoms with Gasteiger partial charge in [0.2, 0.25) is 0 Å². The minimum Gasteiger partial charge on any atom is -0.464 e. The first-order valence-corrected chi connectivity index (χ1v) is 6.73. The molecule has 3 heteroatoms. The van der Waals surface area contributed by atoms with Crippen LogP contribution in [0, 0.1) is 0 Å². The van der Waals surface area contributed by atoms with Crippen LogP contribution in [0.3, 0.4) is 0 Å². The maximum Gasteiger partial charge on any atom is 0.134 e. The van der Waals surface area contributed by atoms with Crippen molar-refractivity contribution in [2.45, 2.75) is 12.5 Å². The summed E-state index contributed by atoms with van der Waals surface area (Å²) < 4.78 is 5.64.